The van der Waals surface area contributed by atoms with Crippen molar-refractivity contribution >= 4 is 0 Å². The van der Waals surface area contributed by atoms with Crippen LogP contribution in [0.4, 0.5) is 0 Å². The Balaban J connectivity index is 1.91. The summed E-state index contributed by atoms with van der Waals surface area (Å²) in [5, 5.41) is 12.9. The summed E-state index contributed by atoms with van der Waals surface area (Å²) in [5.41, 5.74) is 2.24. The Labute approximate surface area is 91.3 Å². The Morgan fingerprint density at radius 3 is 2.33 bits per heavy atom. The molecule has 2 N–H and O–H groups in total. The number of hydrogen-bond donors (Lipinski definition) is 2. The molecular formula is C13H19NO. The fraction of sp³-hybridized carbons (Fsp3) is 0.538. The van der Waals surface area contributed by atoms with Gasteiger partial charge in [-0.25, -0.2) is 0 Å². The Bertz CT molecular complexity index is 314. The van der Waals surface area contributed by atoms with E-state index in [0.717, 1.165) is 32.2 Å². The molecule has 0 radical (unpaired) electrons. The number of likely N-dealkylation sites (N-methyl/N-ethyl adjacent to an activating group) is 1. The summed E-state index contributed by atoms with van der Waals surface area (Å²) in [6.45, 7) is 1.02. The molecule has 0 atom stereocenters. The summed E-state index contributed by atoms with van der Waals surface area (Å²) in [6, 6.07) is 8.61. The minimum absolute atomic E-state index is 0.369. The first-order valence-corrected chi connectivity index (χ1v) is 5.67. The fourth-order valence-electron chi connectivity index (χ4n) is 1.79. The van der Waals surface area contributed by atoms with E-state index in [4.69, 9.17) is 0 Å². The van der Waals surface area contributed by atoms with Gasteiger partial charge in [-0.05, 0) is 44.0 Å². The van der Waals surface area contributed by atoms with Crippen LogP contribution in [0.5, 0.6) is 0 Å². The van der Waals surface area contributed by atoms with E-state index in [0.29, 0.717) is 0 Å². The van der Waals surface area contributed by atoms with Crippen molar-refractivity contribution in [3.63, 3.8) is 0 Å². The maximum Gasteiger partial charge on any atom is 0.0690 e. The summed E-state index contributed by atoms with van der Waals surface area (Å²) in [6.07, 6.45) is 3.82. The van der Waals surface area contributed by atoms with E-state index in [2.05, 4.69) is 29.6 Å². The Kier molecular flexibility index (Phi) is 3.08. The highest BCUT2D eigenvalue weighted by Gasteiger charge is 2.39. The molecule has 0 aromatic heterocycles. The second-order valence-corrected chi connectivity index (χ2v) is 4.57. The van der Waals surface area contributed by atoms with Crippen LogP contribution in [0.2, 0.25) is 0 Å². The van der Waals surface area contributed by atoms with Crippen LogP contribution >= 0.6 is 0 Å². The van der Waals surface area contributed by atoms with Crippen molar-refractivity contribution < 1.29 is 5.11 Å². The number of hydrogen-bond acceptors (Lipinski definition) is 2. The van der Waals surface area contributed by atoms with Gasteiger partial charge in [-0.3, -0.25) is 0 Å². The molecule has 0 spiro atoms. The lowest BCUT2D eigenvalue weighted by Crippen LogP contribution is -2.11. The van der Waals surface area contributed by atoms with E-state index in [1.54, 1.807) is 0 Å². The third-order valence-electron chi connectivity index (χ3n) is 3.05. The molecule has 0 bridgehead atoms. The van der Waals surface area contributed by atoms with Gasteiger partial charge in [-0.15, -0.1) is 0 Å². The molecule has 1 saturated carbocycles. The molecule has 15 heavy (non-hydrogen) atoms. The second-order valence-electron chi connectivity index (χ2n) is 4.57. The van der Waals surface area contributed by atoms with Crippen molar-refractivity contribution in [1.82, 2.24) is 5.32 Å². The summed E-state index contributed by atoms with van der Waals surface area (Å²) in [7, 11) is 1.97. The van der Waals surface area contributed by atoms with Crippen molar-refractivity contribution in [3.8, 4) is 0 Å². The summed E-state index contributed by atoms with van der Waals surface area (Å²) in [5.74, 6) is 0. The van der Waals surface area contributed by atoms with Gasteiger partial charge < -0.3 is 10.4 Å². The van der Waals surface area contributed by atoms with Crippen LogP contribution < -0.4 is 5.32 Å². The summed E-state index contributed by atoms with van der Waals surface area (Å²) < 4.78 is 0. The van der Waals surface area contributed by atoms with Crippen LogP contribution in [-0.4, -0.2) is 24.3 Å². The molecule has 0 amide bonds. The van der Waals surface area contributed by atoms with Gasteiger partial charge in [0.25, 0.3) is 0 Å². The van der Waals surface area contributed by atoms with Crippen LogP contribution in [0.1, 0.15) is 24.0 Å². The average molecular weight is 205 g/mol. The molecule has 1 aliphatic rings. The smallest absolute Gasteiger partial charge is 0.0690 e. The monoisotopic (exact) mass is 205 g/mol. The molecule has 0 unspecified atom stereocenters. The molecule has 1 aliphatic carbocycles. The predicted octanol–water partition coefficient (Wildman–Crippen LogP) is 1.52. The van der Waals surface area contributed by atoms with Gasteiger partial charge in [0.1, 0.15) is 0 Å². The minimum Gasteiger partial charge on any atom is -0.390 e. The molecule has 0 aliphatic heterocycles. The molecule has 82 valence electrons. The summed E-state index contributed by atoms with van der Waals surface area (Å²) in [4.78, 5) is 0. The van der Waals surface area contributed by atoms with Crippen LogP contribution in [0.25, 0.3) is 0 Å². The Morgan fingerprint density at radius 2 is 1.80 bits per heavy atom. The lowest BCUT2D eigenvalue weighted by Gasteiger charge is -2.08. The Hall–Kier alpha value is -0.860. The van der Waals surface area contributed by atoms with E-state index in [1.165, 1.54) is 11.1 Å². The van der Waals surface area contributed by atoms with Gasteiger partial charge >= 0.3 is 0 Å². The van der Waals surface area contributed by atoms with E-state index >= 15 is 0 Å². The minimum atomic E-state index is -0.369. The molecule has 0 saturated heterocycles. The van der Waals surface area contributed by atoms with E-state index in [1.807, 2.05) is 7.05 Å². The van der Waals surface area contributed by atoms with Crippen molar-refractivity contribution in [3.05, 3.63) is 35.4 Å². The first-order valence-electron chi connectivity index (χ1n) is 5.67. The third-order valence-corrected chi connectivity index (χ3v) is 3.05. The highest BCUT2D eigenvalue weighted by molar-refractivity contribution is 5.25. The predicted molar refractivity (Wildman–Crippen MR) is 62.0 cm³/mol. The van der Waals surface area contributed by atoms with Gasteiger partial charge in [0, 0.05) is 6.42 Å². The fourth-order valence-corrected chi connectivity index (χ4v) is 1.79. The van der Waals surface area contributed by atoms with Gasteiger partial charge in [-0.2, -0.15) is 0 Å². The van der Waals surface area contributed by atoms with Gasteiger partial charge in [0.15, 0.2) is 0 Å². The zero-order chi connectivity index (χ0) is 10.7. The van der Waals surface area contributed by atoms with Gasteiger partial charge in [-0.1, -0.05) is 24.3 Å². The second kappa shape index (κ2) is 4.33. The van der Waals surface area contributed by atoms with Crippen LogP contribution in [0.15, 0.2) is 24.3 Å². The largest absolute Gasteiger partial charge is 0.390 e. The molecule has 1 fully saturated rings. The van der Waals surface area contributed by atoms with Gasteiger partial charge in [0.2, 0.25) is 0 Å². The molecular weight excluding hydrogens is 186 g/mol. The summed E-state index contributed by atoms with van der Waals surface area (Å²) >= 11 is 0. The molecule has 2 nitrogen and oxygen atoms in total. The first-order chi connectivity index (χ1) is 7.22. The van der Waals surface area contributed by atoms with Crippen molar-refractivity contribution in [2.45, 2.75) is 31.3 Å². The average Bonchev–Trinajstić information content (AvgIpc) is 2.95. The van der Waals surface area contributed by atoms with Crippen molar-refractivity contribution in [2.75, 3.05) is 13.6 Å². The number of benzene rings is 1. The molecule has 1 aromatic carbocycles. The van der Waals surface area contributed by atoms with Crippen LogP contribution in [0.3, 0.4) is 0 Å². The quantitative estimate of drug-likeness (QED) is 0.764. The zero-order valence-corrected chi connectivity index (χ0v) is 9.29. The Morgan fingerprint density at radius 1 is 1.20 bits per heavy atom. The van der Waals surface area contributed by atoms with Crippen molar-refractivity contribution in [1.29, 1.82) is 0 Å². The highest BCUT2D eigenvalue weighted by atomic mass is 16.3. The normalized spacial score (nSPS) is 17.7. The molecule has 1 aromatic rings. The molecule has 0 heterocycles. The standard InChI is InChI=1S/C13H19NO/c1-14-9-6-11-2-4-12(5-3-11)10-13(15)7-8-13/h2-5,14-15H,6-10H2,1H3. The number of rotatable bonds is 5. The molecule has 2 heteroatoms. The topological polar surface area (TPSA) is 32.3 Å². The van der Waals surface area contributed by atoms with E-state index in [9.17, 15) is 5.11 Å². The number of nitrogens with one attached hydrogen (secondary N) is 1. The van der Waals surface area contributed by atoms with E-state index < -0.39 is 0 Å². The lowest BCUT2D eigenvalue weighted by atomic mass is 10.0. The lowest BCUT2D eigenvalue weighted by molar-refractivity contribution is 0.151. The maximum atomic E-state index is 9.78. The maximum absolute atomic E-state index is 9.78. The third kappa shape index (κ3) is 3.05. The van der Waals surface area contributed by atoms with Crippen LogP contribution in [-0.2, 0) is 12.8 Å². The van der Waals surface area contributed by atoms with Crippen molar-refractivity contribution in [2.24, 2.45) is 0 Å². The molecule has 2 rings (SSSR count). The SMILES string of the molecule is CNCCc1ccc(CC2(O)CC2)cc1. The van der Waals surface area contributed by atoms with Gasteiger partial charge in [0.05, 0.1) is 5.60 Å². The highest BCUT2D eigenvalue weighted by Crippen LogP contribution is 2.38. The number of aliphatic hydroxyl groups is 1. The van der Waals surface area contributed by atoms with Crippen LogP contribution in [0, 0.1) is 0 Å². The first kappa shape index (κ1) is 10.7. The van der Waals surface area contributed by atoms with E-state index in [-0.39, 0.29) is 5.60 Å². The zero-order valence-electron chi connectivity index (χ0n) is 9.29.